The fraction of sp³-hybridized carbons (Fsp3) is 0.708. The number of hydrogen-bond donors (Lipinski definition) is 1. The van der Waals surface area contributed by atoms with E-state index >= 15 is 0 Å². The van der Waals surface area contributed by atoms with E-state index < -0.39 is 0 Å². The van der Waals surface area contributed by atoms with Crippen LogP contribution in [0.3, 0.4) is 0 Å². The van der Waals surface area contributed by atoms with E-state index in [9.17, 15) is 9.18 Å². The molecule has 0 aromatic heterocycles. The normalized spacial score (nSPS) is 36.5. The van der Waals surface area contributed by atoms with Crippen molar-refractivity contribution >= 4 is 5.91 Å². The van der Waals surface area contributed by atoms with Gasteiger partial charge in [-0.15, -0.1) is 0 Å². The molecule has 0 radical (unpaired) electrons. The van der Waals surface area contributed by atoms with Crippen molar-refractivity contribution in [3.8, 4) is 0 Å². The molecule has 4 heteroatoms. The molecule has 1 aromatic carbocycles. The van der Waals surface area contributed by atoms with Crippen LogP contribution in [-0.2, 0) is 11.3 Å². The molecule has 1 heterocycles. The third-order valence-electron chi connectivity index (χ3n) is 8.18. The van der Waals surface area contributed by atoms with Crippen molar-refractivity contribution in [1.82, 2.24) is 10.2 Å². The van der Waals surface area contributed by atoms with Gasteiger partial charge in [-0.25, -0.2) is 4.39 Å². The maximum Gasteiger partial charge on any atom is 0.222 e. The van der Waals surface area contributed by atoms with Gasteiger partial charge in [-0.05, 0) is 98.8 Å². The van der Waals surface area contributed by atoms with Crippen LogP contribution >= 0.6 is 0 Å². The molecule has 5 aliphatic rings. The molecule has 0 unspecified atom stereocenters. The Morgan fingerprint density at radius 3 is 2.36 bits per heavy atom. The fourth-order valence-corrected chi connectivity index (χ4v) is 7.01. The van der Waals surface area contributed by atoms with E-state index in [-0.39, 0.29) is 5.82 Å². The van der Waals surface area contributed by atoms with E-state index in [4.69, 9.17) is 0 Å². The monoisotopic (exact) mass is 384 g/mol. The van der Waals surface area contributed by atoms with Crippen LogP contribution in [0.15, 0.2) is 24.3 Å². The second kappa shape index (κ2) is 7.78. The SMILES string of the molecule is O=C1CC[C@H](CCNCc2ccc(F)cc2)N1CC1C2CC3CC(C2)CC1C3. The molecule has 5 fully saturated rings. The molecule has 4 bridgehead atoms. The molecule has 152 valence electrons. The third kappa shape index (κ3) is 3.72. The molecule has 0 spiro atoms. The van der Waals surface area contributed by atoms with Crippen LogP contribution in [0.2, 0.25) is 0 Å². The molecule has 1 aliphatic heterocycles. The fourth-order valence-electron chi connectivity index (χ4n) is 7.01. The number of nitrogens with one attached hydrogen (secondary N) is 1. The van der Waals surface area contributed by atoms with E-state index in [0.29, 0.717) is 11.9 Å². The molecule has 1 amide bonds. The maximum absolute atomic E-state index is 13.0. The molecule has 1 aromatic rings. The summed E-state index contributed by atoms with van der Waals surface area (Å²) in [5.74, 6) is 4.75. The zero-order chi connectivity index (χ0) is 19.1. The van der Waals surface area contributed by atoms with Crippen molar-refractivity contribution in [1.29, 1.82) is 0 Å². The number of hydrogen-bond acceptors (Lipinski definition) is 2. The van der Waals surface area contributed by atoms with Gasteiger partial charge in [0.25, 0.3) is 0 Å². The summed E-state index contributed by atoms with van der Waals surface area (Å²) in [5, 5.41) is 3.48. The molecular formula is C24H33FN2O. The summed E-state index contributed by atoms with van der Waals surface area (Å²) in [6.45, 7) is 2.69. The quantitative estimate of drug-likeness (QED) is 0.708. The summed E-state index contributed by atoms with van der Waals surface area (Å²) in [4.78, 5) is 14.9. The molecule has 6 rings (SSSR count). The second-order valence-corrected chi connectivity index (χ2v) is 9.93. The number of halogens is 1. The maximum atomic E-state index is 13.0. The first kappa shape index (κ1) is 18.6. The van der Waals surface area contributed by atoms with Gasteiger partial charge < -0.3 is 10.2 Å². The lowest BCUT2D eigenvalue weighted by Crippen LogP contribution is -2.50. The van der Waals surface area contributed by atoms with Crippen molar-refractivity contribution in [3.05, 3.63) is 35.6 Å². The Kier molecular flexibility index (Phi) is 5.17. The van der Waals surface area contributed by atoms with E-state index in [1.165, 1.54) is 44.2 Å². The summed E-state index contributed by atoms with van der Waals surface area (Å²) in [5.41, 5.74) is 1.11. The first-order valence-electron chi connectivity index (χ1n) is 11.4. The topological polar surface area (TPSA) is 32.3 Å². The van der Waals surface area contributed by atoms with Gasteiger partial charge in [0, 0.05) is 25.6 Å². The Morgan fingerprint density at radius 2 is 1.68 bits per heavy atom. The highest BCUT2D eigenvalue weighted by Gasteiger charge is 2.49. The van der Waals surface area contributed by atoms with E-state index in [0.717, 1.165) is 74.0 Å². The van der Waals surface area contributed by atoms with Crippen LogP contribution in [0.5, 0.6) is 0 Å². The van der Waals surface area contributed by atoms with Gasteiger partial charge in [-0.2, -0.15) is 0 Å². The van der Waals surface area contributed by atoms with Crippen molar-refractivity contribution in [2.75, 3.05) is 13.1 Å². The zero-order valence-electron chi connectivity index (χ0n) is 16.8. The molecule has 1 atom stereocenters. The first-order chi connectivity index (χ1) is 13.7. The molecule has 4 aliphatic carbocycles. The Hall–Kier alpha value is -1.42. The smallest absolute Gasteiger partial charge is 0.222 e. The summed E-state index contributed by atoms with van der Waals surface area (Å²) in [6.07, 6.45) is 10.0. The number of rotatable bonds is 7. The third-order valence-corrected chi connectivity index (χ3v) is 8.18. The van der Waals surface area contributed by atoms with E-state index in [2.05, 4.69) is 10.2 Å². The van der Waals surface area contributed by atoms with Crippen LogP contribution in [-0.4, -0.2) is 29.9 Å². The van der Waals surface area contributed by atoms with Gasteiger partial charge in [0.1, 0.15) is 5.82 Å². The predicted octanol–water partition coefficient (Wildman–Crippen LogP) is 4.37. The number of nitrogens with zero attached hydrogens (tertiary/aromatic N) is 1. The molecular weight excluding hydrogens is 351 g/mol. The first-order valence-corrected chi connectivity index (χ1v) is 11.4. The minimum atomic E-state index is -0.186. The molecule has 1 saturated heterocycles. The highest BCUT2D eigenvalue weighted by Crippen LogP contribution is 2.56. The zero-order valence-corrected chi connectivity index (χ0v) is 16.8. The van der Waals surface area contributed by atoms with Gasteiger partial charge >= 0.3 is 0 Å². The lowest BCUT2D eigenvalue weighted by atomic mass is 9.52. The van der Waals surface area contributed by atoms with Gasteiger partial charge in [0.05, 0.1) is 0 Å². The molecule has 3 nitrogen and oxygen atoms in total. The summed E-state index contributed by atoms with van der Waals surface area (Å²) >= 11 is 0. The number of likely N-dealkylation sites (tertiary alicyclic amines) is 1. The Balaban J connectivity index is 1.13. The predicted molar refractivity (Wildman–Crippen MR) is 108 cm³/mol. The lowest BCUT2D eigenvalue weighted by molar-refractivity contribution is -0.132. The highest BCUT2D eigenvalue weighted by atomic mass is 19.1. The average Bonchev–Trinajstić information content (AvgIpc) is 3.02. The van der Waals surface area contributed by atoms with Gasteiger partial charge in [-0.1, -0.05) is 12.1 Å². The minimum absolute atomic E-state index is 0.186. The minimum Gasteiger partial charge on any atom is -0.339 e. The Labute approximate surface area is 168 Å². The average molecular weight is 385 g/mol. The van der Waals surface area contributed by atoms with Crippen molar-refractivity contribution < 1.29 is 9.18 Å². The van der Waals surface area contributed by atoms with Gasteiger partial charge in [0.15, 0.2) is 0 Å². The number of benzene rings is 1. The number of carbonyl (C=O) groups is 1. The summed E-state index contributed by atoms with van der Waals surface area (Å²) < 4.78 is 13.0. The van der Waals surface area contributed by atoms with Gasteiger partial charge in [-0.3, -0.25) is 4.79 Å². The van der Waals surface area contributed by atoms with Crippen LogP contribution in [0.25, 0.3) is 0 Å². The van der Waals surface area contributed by atoms with Crippen LogP contribution in [0.4, 0.5) is 4.39 Å². The van der Waals surface area contributed by atoms with Gasteiger partial charge in [0.2, 0.25) is 5.91 Å². The molecule has 28 heavy (non-hydrogen) atoms. The second-order valence-electron chi connectivity index (χ2n) is 9.93. The number of carbonyl (C=O) groups excluding carboxylic acids is 1. The van der Waals surface area contributed by atoms with E-state index in [1.807, 2.05) is 12.1 Å². The van der Waals surface area contributed by atoms with E-state index in [1.54, 1.807) is 0 Å². The molecule has 4 saturated carbocycles. The van der Waals surface area contributed by atoms with Crippen LogP contribution < -0.4 is 5.32 Å². The summed E-state index contributed by atoms with van der Waals surface area (Å²) in [7, 11) is 0. The van der Waals surface area contributed by atoms with Crippen molar-refractivity contribution in [3.63, 3.8) is 0 Å². The van der Waals surface area contributed by atoms with Crippen LogP contribution in [0, 0.1) is 35.4 Å². The standard InChI is InChI=1S/C24H33FN2O/c25-21-3-1-16(2-4-21)14-26-8-7-22-5-6-24(28)27(22)15-23-19-10-17-9-18(12-19)13-20(23)11-17/h1-4,17-20,22-23,26H,5-15H2/t17?,18?,19?,20?,22-,23?/m1/s1. The van der Waals surface area contributed by atoms with Crippen molar-refractivity contribution in [2.24, 2.45) is 29.6 Å². The lowest BCUT2D eigenvalue weighted by Gasteiger charge is -2.55. The van der Waals surface area contributed by atoms with Crippen molar-refractivity contribution in [2.45, 2.75) is 64.0 Å². The largest absolute Gasteiger partial charge is 0.339 e. The Morgan fingerprint density at radius 1 is 1.00 bits per heavy atom. The highest BCUT2D eigenvalue weighted by molar-refractivity contribution is 5.78. The number of amides is 1. The van der Waals surface area contributed by atoms with Crippen LogP contribution in [0.1, 0.15) is 56.9 Å². The summed E-state index contributed by atoms with van der Waals surface area (Å²) in [6, 6.07) is 7.10. The molecule has 1 N–H and O–H groups in total. The Bertz CT molecular complexity index is 675.